The van der Waals surface area contributed by atoms with E-state index in [-0.39, 0.29) is 30.7 Å². The number of halogens is 2. The average molecular weight is 328 g/mol. The number of nitrogens with zero attached hydrogens (tertiary/aromatic N) is 1. The van der Waals surface area contributed by atoms with Crippen LogP contribution in [0.15, 0.2) is 0 Å². The van der Waals surface area contributed by atoms with E-state index < -0.39 is 0 Å². The minimum Gasteiger partial charge on any atom is -0.354 e. The molecule has 1 heterocycles. The lowest BCUT2D eigenvalue weighted by atomic mass is 9.93. The Bertz CT molecular complexity index is 243. The van der Waals surface area contributed by atoms with Crippen molar-refractivity contribution in [2.45, 2.75) is 52.0 Å². The quantitative estimate of drug-likeness (QED) is 0.718. The molecule has 1 unspecified atom stereocenters. The molecule has 1 atom stereocenters. The molecule has 0 spiro atoms. The molecule has 0 radical (unpaired) electrons. The van der Waals surface area contributed by atoms with Crippen LogP contribution in [0.3, 0.4) is 0 Å². The van der Waals surface area contributed by atoms with Crippen LogP contribution >= 0.6 is 24.8 Å². The Morgan fingerprint density at radius 3 is 2.20 bits per heavy atom. The van der Waals surface area contributed by atoms with Crippen LogP contribution in [0.5, 0.6) is 0 Å². The lowest BCUT2D eigenvalue weighted by Crippen LogP contribution is -2.47. The molecule has 1 amide bonds. The molecule has 1 aliphatic heterocycles. The van der Waals surface area contributed by atoms with Crippen LogP contribution < -0.4 is 11.1 Å². The van der Waals surface area contributed by atoms with Gasteiger partial charge in [0.05, 0.1) is 0 Å². The Labute approximate surface area is 136 Å². The second-order valence-corrected chi connectivity index (χ2v) is 5.23. The van der Waals surface area contributed by atoms with E-state index in [2.05, 4.69) is 24.1 Å². The van der Waals surface area contributed by atoms with Crippen molar-refractivity contribution in [2.24, 2.45) is 11.7 Å². The van der Waals surface area contributed by atoms with Crippen LogP contribution in [0.1, 0.15) is 46.0 Å². The van der Waals surface area contributed by atoms with Gasteiger partial charge in [0.25, 0.3) is 0 Å². The molecule has 20 heavy (non-hydrogen) atoms. The molecule has 0 bridgehead atoms. The molecule has 0 aliphatic carbocycles. The zero-order valence-electron chi connectivity index (χ0n) is 12.8. The minimum atomic E-state index is 0. The van der Waals surface area contributed by atoms with Crippen LogP contribution in [0.2, 0.25) is 0 Å². The topological polar surface area (TPSA) is 58.4 Å². The van der Waals surface area contributed by atoms with E-state index in [0.29, 0.717) is 24.9 Å². The second kappa shape index (κ2) is 12.7. The van der Waals surface area contributed by atoms with Crippen molar-refractivity contribution < 1.29 is 4.79 Å². The number of hydrogen-bond donors (Lipinski definition) is 2. The fraction of sp³-hybridized carbons (Fsp3) is 0.929. The number of nitrogens with one attached hydrogen (secondary N) is 1. The Balaban J connectivity index is 0. The van der Waals surface area contributed by atoms with Crippen LogP contribution in [0.25, 0.3) is 0 Å². The summed E-state index contributed by atoms with van der Waals surface area (Å²) in [5, 5.41) is 3.05. The summed E-state index contributed by atoms with van der Waals surface area (Å²) in [7, 11) is 0. The Morgan fingerprint density at radius 2 is 1.75 bits per heavy atom. The van der Waals surface area contributed by atoms with E-state index in [1.807, 2.05) is 0 Å². The molecule has 4 nitrogen and oxygen atoms in total. The maximum Gasteiger partial charge on any atom is 0.221 e. The first-order valence-electron chi connectivity index (χ1n) is 7.43. The molecular formula is C14H31Cl2N3O. The highest BCUT2D eigenvalue weighted by atomic mass is 35.5. The van der Waals surface area contributed by atoms with Gasteiger partial charge in [-0.15, -0.1) is 24.8 Å². The first kappa shape index (κ1) is 22.3. The van der Waals surface area contributed by atoms with Crippen LogP contribution in [-0.2, 0) is 4.79 Å². The SMILES string of the molecule is CCC(CC)C(CNC(=O)CCN)N1CCCC1.Cl.Cl. The fourth-order valence-electron chi connectivity index (χ4n) is 2.94. The Hall–Kier alpha value is -0.0300. The van der Waals surface area contributed by atoms with E-state index in [0.717, 1.165) is 6.54 Å². The van der Waals surface area contributed by atoms with Gasteiger partial charge in [-0.25, -0.2) is 0 Å². The number of rotatable bonds is 8. The van der Waals surface area contributed by atoms with Gasteiger partial charge in [0.1, 0.15) is 0 Å². The van der Waals surface area contributed by atoms with Crippen molar-refractivity contribution >= 4 is 30.7 Å². The van der Waals surface area contributed by atoms with Gasteiger partial charge in [-0.05, 0) is 31.8 Å². The summed E-state index contributed by atoms with van der Waals surface area (Å²) in [5.41, 5.74) is 5.40. The molecule has 0 aromatic heterocycles. The average Bonchev–Trinajstić information content (AvgIpc) is 2.88. The van der Waals surface area contributed by atoms with Crippen LogP contribution in [0.4, 0.5) is 0 Å². The van der Waals surface area contributed by atoms with Crippen molar-refractivity contribution in [1.29, 1.82) is 0 Å². The zero-order chi connectivity index (χ0) is 13.4. The number of hydrogen-bond acceptors (Lipinski definition) is 3. The molecule has 1 aliphatic rings. The Morgan fingerprint density at radius 1 is 1.20 bits per heavy atom. The monoisotopic (exact) mass is 327 g/mol. The fourth-order valence-corrected chi connectivity index (χ4v) is 2.94. The van der Waals surface area contributed by atoms with Crippen molar-refractivity contribution in [3.05, 3.63) is 0 Å². The second-order valence-electron chi connectivity index (χ2n) is 5.23. The summed E-state index contributed by atoms with van der Waals surface area (Å²) >= 11 is 0. The third kappa shape index (κ3) is 7.11. The molecule has 1 saturated heterocycles. The van der Waals surface area contributed by atoms with E-state index in [1.54, 1.807) is 0 Å². The molecule has 6 heteroatoms. The standard InChI is InChI=1S/C14H29N3O.2ClH/c1-3-12(4-2)13(17-9-5-6-10-17)11-16-14(18)7-8-15;;/h12-13H,3-11,15H2,1-2H3,(H,16,18);2*1H. The largest absolute Gasteiger partial charge is 0.354 e. The highest BCUT2D eigenvalue weighted by Crippen LogP contribution is 2.22. The maximum atomic E-state index is 11.6. The lowest BCUT2D eigenvalue weighted by molar-refractivity contribution is -0.121. The van der Waals surface area contributed by atoms with Crippen molar-refractivity contribution in [1.82, 2.24) is 10.2 Å². The van der Waals surface area contributed by atoms with E-state index in [9.17, 15) is 4.79 Å². The molecule has 3 N–H and O–H groups in total. The first-order chi connectivity index (χ1) is 8.72. The number of likely N-dealkylation sites (tertiary alicyclic amines) is 1. The van der Waals surface area contributed by atoms with E-state index >= 15 is 0 Å². The molecule has 122 valence electrons. The van der Waals surface area contributed by atoms with Crippen molar-refractivity contribution in [2.75, 3.05) is 26.2 Å². The lowest BCUT2D eigenvalue weighted by Gasteiger charge is -2.33. The molecule has 0 aromatic rings. The van der Waals surface area contributed by atoms with Gasteiger partial charge in [0.2, 0.25) is 5.91 Å². The minimum absolute atomic E-state index is 0. The van der Waals surface area contributed by atoms with Crippen LogP contribution in [0, 0.1) is 5.92 Å². The van der Waals surface area contributed by atoms with Gasteiger partial charge in [-0.3, -0.25) is 9.69 Å². The number of carbonyl (C=O) groups is 1. The number of nitrogens with two attached hydrogens (primary N) is 1. The first-order valence-corrected chi connectivity index (χ1v) is 7.43. The summed E-state index contributed by atoms with van der Waals surface area (Å²) in [6, 6.07) is 0.504. The van der Waals surface area contributed by atoms with E-state index in [1.165, 1.54) is 38.8 Å². The molecule has 1 fully saturated rings. The van der Waals surface area contributed by atoms with Crippen LogP contribution in [-0.4, -0.2) is 43.0 Å². The smallest absolute Gasteiger partial charge is 0.221 e. The summed E-state index contributed by atoms with van der Waals surface area (Å²) in [6.07, 6.45) is 5.41. The summed E-state index contributed by atoms with van der Waals surface area (Å²) in [4.78, 5) is 14.1. The zero-order valence-corrected chi connectivity index (χ0v) is 14.4. The highest BCUT2D eigenvalue weighted by molar-refractivity contribution is 5.85. The van der Waals surface area contributed by atoms with Gasteiger partial charge in [-0.1, -0.05) is 26.7 Å². The maximum absolute atomic E-state index is 11.6. The number of carbonyl (C=O) groups excluding carboxylic acids is 1. The molecule has 0 saturated carbocycles. The normalized spacial score (nSPS) is 16.4. The predicted molar refractivity (Wildman–Crippen MR) is 89.8 cm³/mol. The molecule has 0 aromatic carbocycles. The van der Waals surface area contributed by atoms with Gasteiger partial charge in [-0.2, -0.15) is 0 Å². The van der Waals surface area contributed by atoms with Gasteiger partial charge in [0, 0.05) is 25.6 Å². The molecular weight excluding hydrogens is 297 g/mol. The highest BCUT2D eigenvalue weighted by Gasteiger charge is 2.27. The van der Waals surface area contributed by atoms with Gasteiger partial charge < -0.3 is 11.1 Å². The third-order valence-electron chi connectivity index (χ3n) is 4.08. The van der Waals surface area contributed by atoms with Crippen molar-refractivity contribution in [3.63, 3.8) is 0 Å². The molecule has 1 rings (SSSR count). The summed E-state index contributed by atoms with van der Waals surface area (Å²) in [6.45, 7) is 8.09. The van der Waals surface area contributed by atoms with Crippen molar-refractivity contribution in [3.8, 4) is 0 Å². The third-order valence-corrected chi connectivity index (χ3v) is 4.08. The summed E-state index contributed by atoms with van der Waals surface area (Å²) < 4.78 is 0. The van der Waals surface area contributed by atoms with Gasteiger partial charge in [0.15, 0.2) is 0 Å². The predicted octanol–water partition coefficient (Wildman–Crippen LogP) is 2.20. The number of amides is 1. The summed E-state index contributed by atoms with van der Waals surface area (Å²) in [5.74, 6) is 0.772. The Kier molecular flexibility index (Phi) is 14.1. The van der Waals surface area contributed by atoms with E-state index in [4.69, 9.17) is 5.73 Å². The van der Waals surface area contributed by atoms with Gasteiger partial charge >= 0.3 is 0 Å².